The lowest BCUT2D eigenvalue weighted by atomic mass is 10.1. The molecule has 0 aliphatic carbocycles. The molecule has 0 bridgehead atoms. The number of hydrogen-bond acceptors (Lipinski definition) is 3. The minimum absolute atomic E-state index is 0.182. The Bertz CT molecular complexity index is 248. The summed E-state index contributed by atoms with van der Waals surface area (Å²) < 4.78 is 0. The monoisotopic (exact) mass is 182 g/mol. The van der Waals surface area contributed by atoms with Gasteiger partial charge in [-0.3, -0.25) is 14.9 Å². The molecule has 4 heteroatoms. The van der Waals surface area contributed by atoms with E-state index in [0.717, 1.165) is 5.57 Å². The standard InChI is InChI=1S/C9H14N2O2/c1-6(2)5-10-7-3-4-8(12)11-9(7)13/h7,10H,1,3-5H2,2H3,(H,11,12,13). The van der Waals surface area contributed by atoms with Gasteiger partial charge >= 0.3 is 0 Å². The zero-order valence-corrected chi connectivity index (χ0v) is 7.72. The fourth-order valence-corrected chi connectivity index (χ4v) is 1.19. The lowest BCUT2D eigenvalue weighted by Crippen LogP contribution is -2.50. The highest BCUT2D eigenvalue weighted by Crippen LogP contribution is 2.04. The zero-order chi connectivity index (χ0) is 9.84. The molecule has 0 spiro atoms. The molecule has 4 nitrogen and oxygen atoms in total. The van der Waals surface area contributed by atoms with Crippen molar-refractivity contribution >= 4 is 11.8 Å². The van der Waals surface area contributed by atoms with Crippen LogP contribution in [0.3, 0.4) is 0 Å². The van der Waals surface area contributed by atoms with Gasteiger partial charge in [0.2, 0.25) is 11.8 Å². The van der Waals surface area contributed by atoms with Gasteiger partial charge in [0.25, 0.3) is 0 Å². The summed E-state index contributed by atoms with van der Waals surface area (Å²) in [7, 11) is 0. The molecule has 0 aromatic rings. The van der Waals surface area contributed by atoms with E-state index in [1.807, 2.05) is 6.92 Å². The normalized spacial score (nSPS) is 22.7. The Morgan fingerprint density at radius 3 is 2.92 bits per heavy atom. The molecule has 1 aliphatic rings. The summed E-state index contributed by atoms with van der Waals surface area (Å²) in [6, 6.07) is -0.241. The molecule has 2 N–H and O–H groups in total. The Morgan fingerprint density at radius 2 is 2.38 bits per heavy atom. The fourth-order valence-electron chi connectivity index (χ4n) is 1.19. The molecule has 0 radical (unpaired) electrons. The first-order valence-corrected chi connectivity index (χ1v) is 4.31. The maximum absolute atomic E-state index is 11.2. The van der Waals surface area contributed by atoms with Crippen LogP contribution < -0.4 is 10.6 Å². The highest BCUT2D eigenvalue weighted by atomic mass is 16.2. The Hall–Kier alpha value is -1.16. The molecular formula is C9H14N2O2. The molecule has 1 heterocycles. The Labute approximate surface area is 77.4 Å². The van der Waals surface area contributed by atoms with Crippen LogP contribution in [0.25, 0.3) is 0 Å². The van der Waals surface area contributed by atoms with Crippen LogP contribution in [0.5, 0.6) is 0 Å². The van der Waals surface area contributed by atoms with Crippen LogP contribution in [-0.4, -0.2) is 24.4 Å². The molecule has 0 aromatic carbocycles. The van der Waals surface area contributed by atoms with Gasteiger partial charge in [-0.05, 0) is 13.3 Å². The van der Waals surface area contributed by atoms with E-state index in [0.29, 0.717) is 19.4 Å². The van der Waals surface area contributed by atoms with Crippen molar-refractivity contribution in [2.45, 2.75) is 25.8 Å². The lowest BCUT2D eigenvalue weighted by Gasteiger charge is -2.21. The summed E-state index contributed by atoms with van der Waals surface area (Å²) in [6.45, 7) is 6.22. The van der Waals surface area contributed by atoms with Crippen molar-refractivity contribution in [3.05, 3.63) is 12.2 Å². The van der Waals surface area contributed by atoms with Crippen molar-refractivity contribution in [1.29, 1.82) is 0 Å². The third-order valence-corrected chi connectivity index (χ3v) is 1.89. The minimum Gasteiger partial charge on any atom is -0.302 e. The molecule has 0 aromatic heterocycles. The summed E-state index contributed by atoms with van der Waals surface area (Å²) in [5.74, 6) is -0.407. The minimum atomic E-state index is -0.241. The van der Waals surface area contributed by atoms with Crippen molar-refractivity contribution in [3.8, 4) is 0 Å². The predicted molar refractivity (Wildman–Crippen MR) is 49.0 cm³/mol. The lowest BCUT2D eigenvalue weighted by molar-refractivity contribution is -0.134. The van der Waals surface area contributed by atoms with Crippen LogP contribution in [-0.2, 0) is 9.59 Å². The van der Waals surface area contributed by atoms with Crippen LogP contribution in [0.4, 0.5) is 0 Å². The van der Waals surface area contributed by atoms with Gasteiger partial charge in [-0.1, -0.05) is 12.2 Å². The molecule has 1 unspecified atom stereocenters. The average Bonchev–Trinajstić information content (AvgIpc) is 2.02. The Kier molecular flexibility index (Phi) is 3.19. The van der Waals surface area contributed by atoms with E-state index in [2.05, 4.69) is 17.2 Å². The van der Waals surface area contributed by atoms with Crippen molar-refractivity contribution in [2.24, 2.45) is 0 Å². The van der Waals surface area contributed by atoms with Gasteiger partial charge < -0.3 is 5.32 Å². The van der Waals surface area contributed by atoms with Crippen LogP contribution >= 0.6 is 0 Å². The molecule has 13 heavy (non-hydrogen) atoms. The van der Waals surface area contributed by atoms with Gasteiger partial charge in [0.15, 0.2) is 0 Å². The van der Waals surface area contributed by atoms with E-state index in [4.69, 9.17) is 0 Å². The molecule has 0 saturated carbocycles. The van der Waals surface area contributed by atoms with Crippen molar-refractivity contribution in [2.75, 3.05) is 6.54 Å². The van der Waals surface area contributed by atoms with Gasteiger partial charge in [-0.25, -0.2) is 0 Å². The summed E-state index contributed by atoms with van der Waals surface area (Å²) in [5, 5.41) is 5.31. The third-order valence-electron chi connectivity index (χ3n) is 1.89. The number of rotatable bonds is 3. The molecule has 1 fully saturated rings. The van der Waals surface area contributed by atoms with Gasteiger partial charge in [-0.2, -0.15) is 0 Å². The Morgan fingerprint density at radius 1 is 1.69 bits per heavy atom. The smallest absolute Gasteiger partial charge is 0.243 e. The van der Waals surface area contributed by atoms with E-state index in [1.165, 1.54) is 0 Å². The molecule has 2 amide bonds. The average molecular weight is 182 g/mol. The van der Waals surface area contributed by atoms with E-state index >= 15 is 0 Å². The molecule has 1 atom stereocenters. The second-order valence-electron chi connectivity index (χ2n) is 3.34. The summed E-state index contributed by atoms with van der Waals surface area (Å²) in [5.41, 5.74) is 0.977. The molecule has 72 valence electrons. The first-order chi connectivity index (χ1) is 6.09. The second kappa shape index (κ2) is 4.18. The van der Waals surface area contributed by atoms with Crippen LogP contribution in [0.15, 0.2) is 12.2 Å². The summed E-state index contributed by atoms with van der Waals surface area (Å²) in [4.78, 5) is 22.0. The van der Waals surface area contributed by atoms with Gasteiger partial charge in [0.05, 0.1) is 6.04 Å². The number of hydrogen-bond donors (Lipinski definition) is 2. The number of imide groups is 1. The Balaban J connectivity index is 2.38. The van der Waals surface area contributed by atoms with Crippen molar-refractivity contribution in [1.82, 2.24) is 10.6 Å². The van der Waals surface area contributed by atoms with Crippen LogP contribution in [0.1, 0.15) is 19.8 Å². The van der Waals surface area contributed by atoms with Crippen molar-refractivity contribution in [3.63, 3.8) is 0 Å². The second-order valence-corrected chi connectivity index (χ2v) is 3.34. The molecule has 1 rings (SSSR count). The maximum Gasteiger partial charge on any atom is 0.243 e. The highest BCUT2D eigenvalue weighted by Gasteiger charge is 2.25. The highest BCUT2D eigenvalue weighted by molar-refractivity contribution is 6.00. The van der Waals surface area contributed by atoms with E-state index in [9.17, 15) is 9.59 Å². The number of carbonyl (C=O) groups is 2. The molecule has 1 aliphatic heterocycles. The maximum atomic E-state index is 11.2. The fraction of sp³-hybridized carbons (Fsp3) is 0.556. The summed E-state index contributed by atoms with van der Waals surface area (Å²) >= 11 is 0. The number of amides is 2. The third kappa shape index (κ3) is 2.99. The van der Waals surface area contributed by atoms with E-state index in [-0.39, 0.29) is 17.9 Å². The van der Waals surface area contributed by atoms with Crippen molar-refractivity contribution < 1.29 is 9.59 Å². The van der Waals surface area contributed by atoms with E-state index in [1.54, 1.807) is 0 Å². The topological polar surface area (TPSA) is 58.2 Å². The SMILES string of the molecule is C=C(C)CNC1CCC(=O)NC1=O. The molecule has 1 saturated heterocycles. The summed E-state index contributed by atoms with van der Waals surface area (Å²) in [6.07, 6.45) is 0.998. The molecular weight excluding hydrogens is 168 g/mol. The first-order valence-electron chi connectivity index (χ1n) is 4.31. The quantitative estimate of drug-likeness (QED) is 0.475. The van der Waals surface area contributed by atoms with Crippen LogP contribution in [0, 0.1) is 0 Å². The first kappa shape index (κ1) is 9.92. The van der Waals surface area contributed by atoms with Gasteiger partial charge in [0.1, 0.15) is 0 Å². The van der Waals surface area contributed by atoms with Crippen LogP contribution in [0.2, 0.25) is 0 Å². The number of carbonyl (C=O) groups excluding carboxylic acids is 2. The van der Waals surface area contributed by atoms with Gasteiger partial charge in [0, 0.05) is 13.0 Å². The number of nitrogens with one attached hydrogen (secondary N) is 2. The zero-order valence-electron chi connectivity index (χ0n) is 7.72. The van der Waals surface area contributed by atoms with E-state index < -0.39 is 0 Å². The predicted octanol–water partition coefficient (Wildman–Crippen LogP) is -0.0427. The van der Waals surface area contributed by atoms with Gasteiger partial charge in [-0.15, -0.1) is 0 Å². The largest absolute Gasteiger partial charge is 0.302 e. The number of piperidine rings is 1.